The molecule has 1 saturated heterocycles. The number of anilines is 1. The van der Waals surface area contributed by atoms with Gasteiger partial charge in [-0.3, -0.25) is 14.5 Å². The highest BCUT2D eigenvalue weighted by molar-refractivity contribution is 9.10. The predicted octanol–water partition coefficient (Wildman–Crippen LogP) is 6.69. The Kier molecular flexibility index (Phi) is 9.41. The summed E-state index contributed by atoms with van der Waals surface area (Å²) in [7, 11) is 3.05. The molecule has 0 bridgehead atoms. The second-order valence-electron chi connectivity index (χ2n) is 8.73. The number of thioether (sulfide) groups is 1. The molecule has 3 aromatic carbocycles. The van der Waals surface area contributed by atoms with Crippen LogP contribution >= 0.6 is 27.7 Å². The lowest BCUT2D eigenvalue weighted by atomic mass is 10.1. The maximum absolute atomic E-state index is 13.3. The molecule has 1 heterocycles. The maximum Gasteiger partial charge on any atom is 0.416 e. The van der Waals surface area contributed by atoms with Crippen LogP contribution in [0.15, 0.2) is 76.2 Å². The first kappa shape index (κ1) is 29.5. The SMILES string of the molecule is COc1ccc(CCN2C(=O)CC(C(=O)Nc3ccc(Br)cc3)SC2=Nc2cccc(C(F)(F)F)c2)cc1OC. The number of rotatable bonds is 8. The topological polar surface area (TPSA) is 80.2 Å². The quantitative estimate of drug-likeness (QED) is 0.298. The Bertz CT molecular complexity index is 1420. The van der Waals surface area contributed by atoms with Gasteiger partial charge in [-0.15, -0.1) is 0 Å². The van der Waals surface area contributed by atoms with Crippen molar-refractivity contribution in [3.8, 4) is 11.5 Å². The van der Waals surface area contributed by atoms with E-state index in [1.165, 1.54) is 31.3 Å². The van der Waals surface area contributed by atoms with Gasteiger partial charge in [0.1, 0.15) is 5.25 Å². The summed E-state index contributed by atoms with van der Waals surface area (Å²) >= 11 is 4.38. The van der Waals surface area contributed by atoms with Gasteiger partial charge in [0, 0.05) is 23.1 Å². The average Bonchev–Trinajstić information content (AvgIpc) is 2.93. The van der Waals surface area contributed by atoms with Gasteiger partial charge in [0.15, 0.2) is 16.7 Å². The third-order valence-electron chi connectivity index (χ3n) is 6.01. The summed E-state index contributed by atoms with van der Waals surface area (Å²) in [5, 5.41) is 2.11. The van der Waals surface area contributed by atoms with Gasteiger partial charge in [0.05, 0.1) is 25.5 Å². The zero-order valence-corrected chi connectivity index (χ0v) is 23.9. The standard InChI is InChI=1S/C28H25BrF3N3O4S/c1-38-22-11-6-17(14-23(22)39-2)12-13-35-25(36)16-24(26(37)33-20-9-7-19(29)8-10-20)40-27(35)34-21-5-3-4-18(15-21)28(30,31)32/h3-11,14-15,24H,12-13,16H2,1-2H3,(H,33,37). The van der Waals surface area contributed by atoms with E-state index in [9.17, 15) is 22.8 Å². The molecule has 210 valence electrons. The molecule has 1 N–H and O–H groups in total. The molecule has 3 aromatic rings. The van der Waals surface area contributed by atoms with Crippen molar-refractivity contribution in [1.82, 2.24) is 4.90 Å². The van der Waals surface area contributed by atoms with Crippen LogP contribution in [0.1, 0.15) is 17.5 Å². The van der Waals surface area contributed by atoms with Gasteiger partial charge in [-0.2, -0.15) is 13.2 Å². The summed E-state index contributed by atoms with van der Waals surface area (Å²) in [6.07, 6.45) is -4.24. The van der Waals surface area contributed by atoms with E-state index in [0.29, 0.717) is 23.6 Å². The second-order valence-corrected chi connectivity index (χ2v) is 10.8. The minimum Gasteiger partial charge on any atom is -0.493 e. The Morgan fingerprint density at radius 1 is 1.07 bits per heavy atom. The lowest BCUT2D eigenvalue weighted by Crippen LogP contribution is -2.46. The fourth-order valence-electron chi connectivity index (χ4n) is 3.96. The maximum atomic E-state index is 13.3. The van der Waals surface area contributed by atoms with Crippen molar-refractivity contribution in [3.63, 3.8) is 0 Å². The van der Waals surface area contributed by atoms with E-state index in [1.807, 2.05) is 6.07 Å². The van der Waals surface area contributed by atoms with Gasteiger partial charge in [-0.25, -0.2) is 4.99 Å². The number of carbonyl (C=O) groups excluding carboxylic acids is 2. The van der Waals surface area contributed by atoms with Crippen LogP contribution in [0.25, 0.3) is 0 Å². The molecule has 0 aliphatic carbocycles. The zero-order chi connectivity index (χ0) is 28.9. The van der Waals surface area contributed by atoms with Gasteiger partial charge < -0.3 is 14.8 Å². The minimum absolute atomic E-state index is 0.0233. The molecule has 1 atom stereocenters. The first-order valence-corrected chi connectivity index (χ1v) is 13.7. The van der Waals surface area contributed by atoms with Crippen LogP contribution in [-0.2, 0) is 22.2 Å². The summed E-state index contributed by atoms with van der Waals surface area (Å²) < 4.78 is 51.4. The summed E-state index contributed by atoms with van der Waals surface area (Å²) in [5.74, 6) is 0.321. The lowest BCUT2D eigenvalue weighted by molar-refractivity contribution is -0.137. The van der Waals surface area contributed by atoms with Crippen molar-refractivity contribution in [1.29, 1.82) is 0 Å². The van der Waals surface area contributed by atoms with Crippen molar-refractivity contribution in [3.05, 3.63) is 82.3 Å². The largest absolute Gasteiger partial charge is 0.493 e. The van der Waals surface area contributed by atoms with Gasteiger partial charge in [0.2, 0.25) is 11.8 Å². The number of ether oxygens (including phenoxy) is 2. The van der Waals surface area contributed by atoms with Gasteiger partial charge in [-0.1, -0.05) is 39.8 Å². The fourth-order valence-corrected chi connectivity index (χ4v) is 5.35. The number of nitrogens with one attached hydrogen (secondary N) is 1. The van der Waals surface area contributed by atoms with Crippen molar-refractivity contribution in [2.24, 2.45) is 4.99 Å². The Morgan fingerprint density at radius 3 is 2.48 bits per heavy atom. The van der Waals surface area contributed by atoms with Crippen LogP contribution in [0.4, 0.5) is 24.5 Å². The second kappa shape index (κ2) is 12.8. The Morgan fingerprint density at radius 2 is 1.80 bits per heavy atom. The van der Waals surface area contributed by atoms with Crippen LogP contribution in [0.5, 0.6) is 11.5 Å². The Balaban J connectivity index is 1.60. The van der Waals surface area contributed by atoms with E-state index in [2.05, 4.69) is 26.2 Å². The van der Waals surface area contributed by atoms with E-state index in [-0.39, 0.29) is 29.7 Å². The molecule has 2 amide bonds. The van der Waals surface area contributed by atoms with Crippen molar-refractivity contribution in [2.75, 3.05) is 26.1 Å². The summed E-state index contributed by atoms with van der Waals surface area (Å²) in [6.45, 7) is 0.195. The Labute approximate surface area is 241 Å². The monoisotopic (exact) mass is 635 g/mol. The highest BCUT2D eigenvalue weighted by atomic mass is 79.9. The third-order valence-corrected chi connectivity index (χ3v) is 7.73. The smallest absolute Gasteiger partial charge is 0.416 e. The highest BCUT2D eigenvalue weighted by Crippen LogP contribution is 2.34. The molecule has 4 rings (SSSR count). The molecule has 1 aliphatic rings. The lowest BCUT2D eigenvalue weighted by Gasteiger charge is -2.32. The number of methoxy groups -OCH3 is 2. The number of halogens is 4. The zero-order valence-electron chi connectivity index (χ0n) is 21.5. The molecule has 0 saturated carbocycles. The molecule has 0 aromatic heterocycles. The number of alkyl halides is 3. The summed E-state index contributed by atoms with van der Waals surface area (Å²) in [4.78, 5) is 32.2. The van der Waals surface area contributed by atoms with E-state index in [1.54, 1.807) is 36.4 Å². The molecule has 1 unspecified atom stereocenters. The third kappa shape index (κ3) is 7.36. The minimum atomic E-state index is -4.55. The van der Waals surface area contributed by atoms with Crippen LogP contribution in [0.2, 0.25) is 0 Å². The van der Waals surface area contributed by atoms with Crippen LogP contribution in [0, 0.1) is 0 Å². The number of aliphatic imine (C=N–C) groups is 1. The summed E-state index contributed by atoms with van der Waals surface area (Å²) in [6, 6.07) is 16.9. The van der Waals surface area contributed by atoms with E-state index < -0.39 is 22.9 Å². The number of hydrogen-bond donors (Lipinski definition) is 1. The first-order valence-electron chi connectivity index (χ1n) is 12.1. The number of carbonyl (C=O) groups is 2. The molecule has 12 heteroatoms. The van der Waals surface area contributed by atoms with Crippen molar-refractivity contribution < 1.29 is 32.2 Å². The number of amides is 2. The molecule has 40 heavy (non-hydrogen) atoms. The Hall–Kier alpha value is -3.51. The van der Waals surface area contributed by atoms with Gasteiger partial charge in [-0.05, 0) is 66.6 Å². The number of hydrogen-bond acceptors (Lipinski definition) is 6. The predicted molar refractivity (Wildman–Crippen MR) is 152 cm³/mol. The number of amidine groups is 1. The molecule has 1 fully saturated rings. The molecule has 7 nitrogen and oxygen atoms in total. The fraction of sp³-hybridized carbons (Fsp3) is 0.250. The first-order chi connectivity index (χ1) is 19.1. The summed E-state index contributed by atoms with van der Waals surface area (Å²) in [5.41, 5.74) is 0.565. The molecule has 0 spiro atoms. The number of nitrogens with zero attached hydrogens (tertiary/aromatic N) is 2. The van der Waals surface area contributed by atoms with E-state index in [4.69, 9.17) is 9.47 Å². The average molecular weight is 636 g/mol. The molecule has 1 aliphatic heterocycles. The van der Waals surface area contributed by atoms with E-state index >= 15 is 0 Å². The van der Waals surface area contributed by atoms with Crippen LogP contribution in [-0.4, -0.2) is 47.9 Å². The normalized spacial score (nSPS) is 16.6. The van der Waals surface area contributed by atoms with Gasteiger partial charge >= 0.3 is 6.18 Å². The van der Waals surface area contributed by atoms with Crippen molar-refractivity contribution >= 4 is 56.0 Å². The molecular formula is C28H25BrF3N3O4S. The molecular weight excluding hydrogens is 611 g/mol. The van der Waals surface area contributed by atoms with Gasteiger partial charge in [0.25, 0.3) is 0 Å². The highest BCUT2D eigenvalue weighted by Gasteiger charge is 2.36. The number of benzene rings is 3. The molecule has 0 radical (unpaired) electrons. The van der Waals surface area contributed by atoms with Crippen LogP contribution < -0.4 is 14.8 Å². The van der Waals surface area contributed by atoms with Crippen LogP contribution in [0.3, 0.4) is 0 Å². The van der Waals surface area contributed by atoms with E-state index in [0.717, 1.165) is 33.9 Å². The van der Waals surface area contributed by atoms with Crippen molar-refractivity contribution in [2.45, 2.75) is 24.3 Å².